The molecule has 2 aromatic carbocycles. The minimum Gasteiger partial charge on any atom is -0.495 e. The van der Waals surface area contributed by atoms with Gasteiger partial charge in [0.1, 0.15) is 5.75 Å². The number of halogens is 2. The van der Waals surface area contributed by atoms with E-state index in [1.165, 1.54) is 7.11 Å². The monoisotopic (exact) mass is 402 g/mol. The zero-order chi connectivity index (χ0) is 14.5. The fourth-order valence-corrected chi connectivity index (χ4v) is 2.13. The molecule has 0 spiro atoms. The first-order valence-corrected chi connectivity index (χ1v) is 7.21. The van der Waals surface area contributed by atoms with Gasteiger partial charge in [0, 0.05) is 14.3 Å². The Labute approximate surface area is 135 Å². The number of hydrogen-bond acceptors (Lipinski definition) is 2. The van der Waals surface area contributed by atoms with E-state index in [4.69, 9.17) is 16.3 Å². The molecule has 2 N–H and O–H groups in total. The molecule has 6 heteroatoms. The summed E-state index contributed by atoms with van der Waals surface area (Å²) in [4.78, 5) is 11.9. The number of anilines is 2. The summed E-state index contributed by atoms with van der Waals surface area (Å²) < 4.78 is 6.27. The Morgan fingerprint density at radius 2 is 1.85 bits per heavy atom. The van der Waals surface area contributed by atoms with Crippen molar-refractivity contribution in [2.24, 2.45) is 0 Å². The molecule has 4 nitrogen and oxygen atoms in total. The van der Waals surface area contributed by atoms with Gasteiger partial charge in [-0.1, -0.05) is 11.6 Å². The third-order valence-corrected chi connectivity index (χ3v) is 3.47. The van der Waals surface area contributed by atoms with Gasteiger partial charge >= 0.3 is 6.03 Å². The largest absolute Gasteiger partial charge is 0.495 e. The van der Waals surface area contributed by atoms with Crippen molar-refractivity contribution < 1.29 is 9.53 Å². The van der Waals surface area contributed by atoms with Crippen LogP contribution in [0.2, 0.25) is 5.02 Å². The fourth-order valence-electron chi connectivity index (χ4n) is 1.60. The van der Waals surface area contributed by atoms with Gasteiger partial charge in [-0.2, -0.15) is 0 Å². The minimum atomic E-state index is -0.355. The number of urea groups is 1. The smallest absolute Gasteiger partial charge is 0.323 e. The summed E-state index contributed by atoms with van der Waals surface area (Å²) in [7, 11) is 1.53. The molecule has 0 fully saturated rings. The molecule has 104 valence electrons. The van der Waals surface area contributed by atoms with Crippen LogP contribution >= 0.6 is 34.2 Å². The van der Waals surface area contributed by atoms with Gasteiger partial charge in [-0.05, 0) is 65.1 Å². The van der Waals surface area contributed by atoms with Crippen molar-refractivity contribution in [3.8, 4) is 5.75 Å². The molecule has 0 atom stereocenters. The molecule has 20 heavy (non-hydrogen) atoms. The number of hydrogen-bond donors (Lipinski definition) is 2. The molecule has 0 aliphatic carbocycles. The van der Waals surface area contributed by atoms with Crippen molar-refractivity contribution in [3.05, 3.63) is 51.1 Å². The van der Waals surface area contributed by atoms with E-state index in [9.17, 15) is 4.79 Å². The maximum atomic E-state index is 11.9. The van der Waals surface area contributed by atoms with Crippen LogP contribution in [0.15, 0.2) is 42.5 Å². The van der Waals surface area contributed by atoms with Gasteiger partial charge in [0.2, 0.25) is 0 Å². The Bertz CT molecular complexity index is 617. The average Bonchev–Trinajstić information content (AvgIpc) is 2.41. The van der Waals surface area contributed by atoms with E-state index in [0.717, 1.165) is 3.57 Å². The Morgan fingerprint density at radius 1 is 1.15 bits per heavy atom. The summed E-state index contributed by atoms with van der Waals surface area (Å²) in [5, 5.41) is 5.96. The first-order chi connectivity index (χ1) is 9.58. The van der Waals surface area contributed by atoms with Crippen LogP contribution in [-0.2, 0) is 0 Å². The van der Waals surface area contributed by atoms with E-state index < -0.39 is 0 Å². The Balaban J connectivity index is 2.08. The first kappa shape index (κ1) is 14.9. The van der Waals surface area contributed by atoms with Gasteiger partial charge in [0.25, 0.3) is 0 Å². The third-order valence-electron chi connectivity index (χ3n) is 2.51. The van der Waals surface area contributed by atoms with Crippen molar-refractivity contribution in [1.82, 2.24) is 0 Å². The van der Waals surface area contributed by atoms with E-state index in [1.807, 2.05) is 24.3 Å². The van der Waals surface area contributed by atoms with Crippen LogP contribution in [0.25, 0.3) is 0 Å². The molecule has 0 aromatic heterocycles. The highest BCUT2D eigenvalue weighted by molar-refractivity contribution is 14.1. The minimum absolute atomic E-state index is 0.355. The van der Waals surface area contributed by atoms with Gasteiger partial charge in [0.15, 0.2) is 0 Å². The van der Waals surface area contributed by atoms with Crippen LogP contribution in [0.4, 0.5) is 16.2 Å². The molecular formula is C14H12ClIN2O2. The maximum Gasteiger partial charge on any atom is 0.323 e. The Kier molecular flexibility index (Phi) is 5.08. The lowest BCUT2D eigenvalue weighted by atomic mass is 10.3. The number of carbonyl (C=O) groups is 1. The fraction of sp³-hybridized carbons (Fsp3) is 0.0714. The predicted molar refractivity (Wildman–Crippen MR) is 89.8 cm³/mol. The maximum absolute atomic E-state index is 11.9. The second-order valence-corrected chi connectivity index (χ2v) is 5.61. The number of ether oxygens (including phenoxy) is 1. The van der Waals surface area contributed by atoms with Crippen LogP contribution in [0, 0.1) is 3.57 Å². The molecule has 0 aliphatic heterocycles. The lowest BCUT2D eigenvalue weighted by Crippen LogP contribution is -2.19. The first-order valence-electron chi connectivity index (χ1n) is 5.75. The van der Waals surface area contributed by atoms with Gasteiger partial charge in [-0.25, -0.2) is 4.79 Å². The summed E-state index contributed by atoms with van der Waals surface area (Å²) in [5.41, 5.74) is 1.23. The molecule has 2 amide bonds. The molecule has 2 aromatic rings. The lowest BCUT2D eigenvalue weighted by Gasteiger charge is -2.11. The predicted octanol–water partition coefficient (Wildman–Crippen LogP) is 4.60. The van der Waals surface area contributed by atoms with Crippen molar-refractivity contribution in [2.75, 3.05) is 17.7 Å². The van der Waals surface area contributed by atoms with Crippen LogP contribution in [0.3, 0.4) is 0 Å². The zero-order valence-corrected chi connectivity index (χ0v) is 13.5. The third kappa shape index (κ3) is 4.01. The summed E-state index contributed by atoms with van der Waals surface area (Å²) in [6.45, 7) is 0. The van der Waals surface area contributed by atoms with Crippen LogP contribution in [-0.4, -0.2) is 13.1 Å². The highest BCUT2D eigenvalue weighted by Crippen LogP contribution is 2.27. The molecule has 0 saturated heterocycles. The second kappa shape index (κ2) is 6.81. The number of nitrogens with one attached hydrogen (secondary N) is 2. The second-order valence-electron chi connectivity index (χ2n) is 3.93. The highest BCUT2D eigenvalue weighted by Gasteiger charge is 2.08. The normalized spacial score (nSPS) is 9.95. The number of methoxy groups -OCH3 is 1. The molecule has 0 saturated carbocycles. The van der Waals surface area contributed by atoms with E-state index >= 15 is 0 Å². The van der Waals surface area contributed by atoms with E-state index in [2.05, 4.69) is 33.2 Å². The molecule has 0 bridgehead atoms. The number of benzene rings is 2. The lowest BCUT2D eigenvalue weighted by molar-refractivity contribution is 0.262. The Morgan fingerprint density at radius 3 is 2.50 bits per heavy atom. The van der Waals surface area contributed by atoms with Crippen LogP contribution in [0.1, 0.15) is 0 Å². The Hall–Kier alpha value is -1.47. The van der Waals surface area contributed by atoms with Crippen molar-refractivity contribution in [1.29, 1.82) is 0 Å². The van der Waals surface area contributed by atoms with Crippen molar-refractivity contribution in [2.45, 2.75) is 0 Å². The molecule has 0 unspecified atom stereocenters. The quantitative estimate of drug-likeness (QED) is 0.737. The van der Waals surface area contributed by atoms with Crippen molar-refractivity contribution in [3.63, 3.8) is 0 Å². The van der Waals surface area contributed by atoms with Gasteiger partial charge < -0.3 is 15.4 Å². The molecule has 0 heterocycles. The number of rotatable bonds is 3. The van der Waals surface area contributed by atoms with Crippen molar-refractivity contribution >= 4 is 51.6 Å². The number of carbonyl (C=O) groups excluding carboxylic acids is 1. The van der Waals surface area contributed by atoms with Crippen LogP contribution in [0.5, 0.6) is 5.75 Å². The summed E-state index contributed by atoms with van der Waals surface area (Å²) in [6.07, 6.45) is 0. The van der Waals surface area contributed by atoms with Gasteiger partial charge in [-0.3, -0.25) is 0 Å². The molecule has 0 radical (unpaired) electrons. The van der Waals surface area contributed by atoms with E-state index in [-0.39, 0.29) is 6.03 Å². The van der Waals surface area contributed by atoms with E-state index in [1.54, 1.807) is 18.2 Å². The molecule has 0 aliphatic rings. The van der Waals surface area contributed by atoms with E-state index in [0.29, 0.717) is 22.1 Å². The average molecular weight is 403 g/mol. The summed E-state index contributed by atoms with van der Waals surface area (Å²) in [6, 6.07) is 12.2. The summed E-state index contributed by atoms with van der Waals surface area (Å²) >= 11 is 8.11. The van der Waals surface area contributed by atoms with Gasteiger partial charge in [-0.15, -0.1) is 0 Å². The number of amides is 2. The molecule has 2 rings (SSSR count). The van der Waals surface area contributed by atoms with Crippen LogP contribution < -0.4 is 15.4 Å². The molecular weight excluding hydrogens is 391 g/mol. The summed E-state index contributed by atoms with van der Waals surface area (Å²) in [5.74, 6) is 0.548. The SMILES string of the molecule is COc1ccc(Cl)cc1NC(=O)Nc1ccc(I)cc1. The topological polar surface area (TPSA) is 50.4 Å². The van der Waals surface area contributed by atoms with Gasteiger partial charge in [0.05, 0.1) is 12.8 Å². The standard InChI is InChI=1S/C14H12ClIN2O2/c1-20-13-7-2-9(15)8-12(13)18-14(19)17-11-5-3-10(16)4-6-11/h2-8H,1H3,(H2,17,18,19). The highest BCUT2D eigenvalue weighted by atomic mass is 127. The zero-order valence-electron chi connectivity index (χ0n) is 10.6.